The van der Waals surface area contributed by atoms with E-state index in [0.29, 0.717) is 25.4 Å². The van der Waals surface area contributed by atoms with Crippen molar-refractivity contribution in [1.29, 1.82) is 0 Å². The van der Waals surface area contributed by atoms with Crippen molar-refractivity contribution in [2.24, 2.45) is 5.73 Å². The number of nitrogens with zero attached hydrogens (tertiary/aromatic N) is 1. The van der Waals surface area contributed by atoms with Crippen molar-refractivity contribution in [1.82, 2.24) is 0 Å². The van der Waals surface area contributed by atoms with Crippen molar-refractivity contribution in [2.75, 3.05) is 18.1 Å². The molecule has 30 heavy (non-hydrogen) atoms. The van der Waals surface area contributed by atoms with Crippen LogP contribution in [0.2, 0.25) is 0 Å². The number of anilines is 2. The Morgan fingerprint density at radius 2 is 1.50 bits per heavy atom. The van der Waals surface area contributed by atoms with Gasteiger partial charge in [-0.3, -0.25) is 4.79 Å². The van der Waals surface area contributed by atoms with Crippen LogP contribution in [0.5, 0.6) is 5.75 Å². The molecule has 4 heteroatoms. The Morgan fingerprint density at radius 3 is 2.13 bits per heavy atom. The molecule has 0 spiro atoms. The van der Waals surface area contributed by atoms with E-state index < -0.39 is 0 Å². The minimum absolute atomic E-state index is 0.267. The summed E-state index contributed by atoms with van der Waals surface area (Å²) in [6.45, 7) is 3.63. The van der Waals surface area contributed by atoms with E-state index in [1.54, 1.807) is 0 Å². The topological polar surface area (TPSA) is 55.6 Å². The third kappa shape index (κ3) is 6.38. The molecule has 1 amide bonds. The second-order valence-corrected chi connectivity index (χ2v) is 7.50. The average Bonchev–Trinajstić information content (AvgIpc) is 2.78. The number of rotatable bonds is 11. The fourth-order valence-corrected chi connectivity index (χ4v) is 3.45. The molecule has 0 fully saturated rings. The molecule has 0 bridgehead atoms. The highest BCUT2D eigenvalue weighted by atomic mass is 16.5. The standard InChI is InChI=1S/C26H30N2O2/c1-21(22-9-4-2-5-10-22)18-20-30-25-16-14-24(15-17-25)28(19-8-13-26(27)29)23-11-6-3-7-12-23/h2-7,9-12,14-17,21H,8,13,18-20H2,1H3,(H2,27,29). The number of amides is 1. The number of hydrogen-bond acceptors (Lipinski definition) is 3. The first-order valence-corrected chi connectivity index (χ1v) is 10.5. The summed E-state index contributed by atoms with van der Waals surface area (Å²) in [5.74, 6) is 1.06. The molecule has 0 aromatic heterocycles. The number of primary amides is 1. The minimum Gasteiger partial charge on any atom is -0.494 e. The molecule has 4 nitrogen and oxygen atoms in total. The van der Waals surface area contributed by atoms with Gasteiger partial charge in [0.05, 0.1) is 6.61 Å². The number of carbonyl (C=O) groups is 1. The fourth-order valence-electron chi connectivity index (χ4n) is 3.45. The summed E-state index contributed by atoms with van der Waals surface area (Å²) in [6.07, 6.45) is 2.05. The first kappa shape index (κ1) is 21.4. The molecule has 0 aliphatic carbocycles. The van der Waals surface area contributed by atoms with Gasteiger partial charge < -0.3 is 15.4 Å². The first-order valence-electron chi connectivity index (χ1n) is 10.5. The molecule has 0 saturated heterocycles. The molecule has 1 unspecified atom stereocenters. The van der Waals surface area contributed by atoms with Gasteiger partial charge in [0.15, 0.2) is 0 Å². The lowest BCUT2D eigenvalue weighted by atomic mass is 9.98. The van der Waals surface area contributed by atoms with Gasteiger partial charge in [0.1, 0.15) is 5.75 Å². The van der Waals surface area contributed by atoms with E-state index in [1.165, 1.54) is 5.56 Å². The van der Waals surface area contributed by atoms with Gasteiger partial charge in [-0.05, 0) is 60.7 Å². The van der Waals surface area contributed by atoms with Gasteiger partial charge >= 0.3 is 0 Å². The quantitative estimate of drug-likeness (QED) is 0.450. The van der Waals surface area contributed by atoms with Crippen molar-refractivity contribution >= 4 is 17.3 Å². The summed E-state index contributed by atoms with van der Waals surface area (Å²) in [4.78, 5) is 13.3. The number of carbonyl (C=O) groups excluding carboxylic acids is 1. The van der Waals surface area contributed by atoms with Gasteiger partial charge in [-0.2, -0.15) is 0 Å². The number of ether oxygens (including phenoxy) is 1. The summed E-state index contributed by atoms with van der Waals surface area (Å²) < 4.78 is 5.97. The third-order valence-electron chi connectivity index (χ3n) is 5.21. The van der Waals surface area contributed by atoms with E-state index in [1.807, 2.05) is 36.4 Å². The second-order valence-electron chi connectivity index (χ2n) is 7.50. The highest BCUT2D eigenvalue weighted by Gasteiger charge is 2.10. The zero-order chi connectivity index (χ0) is 21.2. The number of para-hydroxylation sites is 1. The predicted molar refractivity (Wildman–Crippen MR) is 123 cm³/mol. The first-order chi connectivity index (χ1) is 14.6. The molecule has 1 atom stereocenters. The van der Waals surface area contributed by atoms with E-state index >= 15 is 0 Å². The second kappa shape index (κ2) is 11.1. The number of nitrogens with two attached hydrogens (primary N) is 1. The molecule has 3 aromatic carbocycles. The van der Waals surface area contributed by atoms with Crippen LogP contribution in [0.1, 0.15) is 37.7 Å². The normalized spacial score (nSPS) is 11.6. The Hall–Kier alpha value is -3.27. The third-order valence-corrected chi connectivity index (χ3v) is 5.21. The highest BCUT2D eigenvalue weighted by Crippen LogP contribution is 2.28. The maximum Gasteiger partial charge on any atom is 0.217 e. The summed E-state index contributed by atoms with van der Waals surface area (Å²) in [6, 6.07) is 28.8. The number of benzene rings is 3. The molecule has 0 aliphatic rings. The van der Waals surface area contributed by atoms with Crippen molar-refractivity contribution in [3.63, 3.8) is 0 Å². The van der Waals surface area contributed by atoms with Gasteiger partial charge in [-0.1, -0.05) is 55.5 Å². The van der Waals surface area contributed by atoms with Gasteiger partial charge in [-0.25, -0.2) is 0 Å². The summed E-state index contributed by atoms with van der Waals surface area (Å²) >= 11 is 0. The lowest BCUT2D eigenvalue weighted by molar-refractivity contribution is -0.118. The van der Waals surface area contributed by atoms with E-state index in [4.69, 9.17) is 10.5 Å². The zero-order valence-electron chi connectivity index (χ0n) is 17.5. The van der Waals surface area contributed by atoms with Crippen LogP contribution < -0.4 is 15.4 Å². The minimum atomic E-state index is -0.267. The van der Waals surface area contributed by atoms with Crippen molar-refractivity contribution in [2.45, 2.75) is 32.1 Å². The van der Waals surface area contributed by atoms with Crippen LogP contribution in [0.4, 0.5) is 11.4 Å². The van der Waals surface area contributed by atoms with E-state index in [-0.39, 0.29) is 5.91 Å². The van der Waals surface area contributed by atoms with Crippen LogP contribution in [0.25, 0.3) is 0 Å². The lowest BCUT2D eigenvalue weighted by Gasteiger charge is -2.25. The van der Waals surface area contributed by atoms with Crippen LogP contribution in [0.15, 0.2) is 84.9 Å². The molecule has 3 aromatic rings. The van der Waals surface area contributed by atoms with Crippen molar-refractivity contribution in [3.05, 3.63) is 90.5 Å². The van der Waals surface area contributed by atoms with Crippen molar-refractivity contribution in [3.8, 4) is 5.75 Å². The zero-order valence-corrected chi connectivity index (χ0v) is 17.5. The highest BCUT2D eigenvalue weighted by molar-refractivity contribution is 5.74. The molecule has 2 N–H and O–H groups in total. The Bertz CT molecular complexity index is 895. The van der Waals surface area contributed by atoms with Crippen molar-refractivity contribution < 1.29 is 9.53 Å². The average molecular weight is 403 g/mol. The van der Waals surface area contributed by atoms with Crippen LogP contribution in [-0.2, 0) is 4.79 Å². The largest absolute Gasteiger partial charge is 0.494 e. The van der Waals surface area contributed by atoms with Gasteiger partial charge in [-0.15, -0.1) is 0 Å². The monoisotopic (exact) mass is 402 g/mol. The molecule has 3 rings (SSSR count). The maximum absolute atomic E-state index is 11.1. The molecular weight excluding hydrogens is 372 g/mol. The van der Waals surface area contributed by atoms with Gasteiger partial charge in [0, 0.05) is 24.3 Å². The van der Waals surface area contributed by atoms with Gasteiger partial charge in [0.25, 0.3) is 0 Å². The maximum atomic E-state index is 11.1. The molecule has 156 valence electrons. The SMILES string of the molecule is CC(CCOc1ccc(N(CCCC(N)=O)c2ccccc2)cc1)c1ccccc1. The summed E-state index contributed by atoms with van der Waals surface area (Å²) in [7, 11) is 0. The fraction of sp³-hybridized carbons (Fsp3) is 0.269. The Morgan fingerprint density at radius 1 is 0.900 bits per heavy atom. The van der Waals surface area contributed by atoms with E-state index in [0.717, 1.165) is 30.1 Å². The molecule has 0 radical (unpaired) electrons. The Kier molecular flexibility index (Phi) is 7.90. The van der Waals surface area contributed by atoms with Crippen LogP contribution >= 0.6 is 0 Å². The molecule has 0 heterocycles. The Labute approximate surface area is 179 Å². The van der Waals surface area contributed by atoms with Gasteiger partial charge in [0.2, 0.25) is 5.91 Å². The predicted octanol–water partition coefficient (Wildman–Crippen LogP) is 5.66. The molecular formula is C26H30N2O2. The smallest absolute Gasteiger partial charge is 0.217 e. The van der Waals surface area contributed by atoms with Crippen LogP contribution in [0, 0.1) is 0 Å². The number of hydrogen-bond donors (Lipinski definition) is 1. The summed E-state index contributed by atoms with van der Waals surface area (Å²) in [5.41, 5.74) is 8.80. The van der Waals surface area contributed by atoms with Crippen LogP contribution in [0.3, 0.4) is 0 Å². The van der Waals surface area contributed by atoms with E-state index in [9.17, 15) is 4.79 Å². The molecule has 0 saturated carbocycles. The van der Waals surface area contributed by atoms with E-state index in [2.05, 4.69) is 60.4 Å². The lowest BCUT2D eigenvalue weighted by Crippen LogP contribution is -2.20. The Balaban J connectivity index is 1.59. The summed E-state index contributed by atoms with van der Waals surface area (Å²) in [5, 5.41) is 0. The van der Waals surface area contributed by atoms with Crippen LogP contribution in [-0.4, -0.2) is 19.1 Å². The molecule has 0 aliphatic heterocycles.